The molecule has 6 nitrogen and oxygen atoms in total. The van der Waals surface area contributed by atoms with E-state index in [0.29, 0.717) is 23.5 Å². The number of fused-ring (bicyclic) bond motifs is 1. The normalized spacial score (nSPS) is 18.7. The fourth-order valence-electron chi connectivity index (χ4n) is 2.69. The van der Waals surface area contributed by atoms with Gasteiger partial charge in [-0.15, -0.1) is 0 Å². The Morgan fingerprint density at radius 3 is 2.78 bits per heavy atom. The third kappa shape index (κ3) is 2.67. The number of hydrazone groups is 1. The van der Waals surface area contributed by atoms with Crippen LogP contribution >= 0.6 is 0 Å². The first-order chi connectivity index (χ1) is 10.8. The van der Waals surface area contributed by atoms with Crippen LogP contribution in [0.5, 0.6) is 5.88 Å². The van der Waals surface area contributed by atoms with Crippen molar-refractivity contribution in [3.63, 3.8) is 0 Å². The number of amides is 1. The highest BCUT2D eigenvalue weighted by Crippen LogP contribution is 2.29. The summed E-state index contributed by atoms with van der Waals surface area (Å²) in [5.74, 6) is 0.370. The van der Waals surface area contributed by atoms with Gasteiger partial charge in [0.1, 0.15) is 11.4 Å². The van der Waals surface area contributed by atoms with Gasteiger partial charge in [-0.25, -0.2) is 14.3 Å². The molecule has 3 heterocycles. The summed E-state index contributed by atoms with van der Waals surface area (Å²) in [4.78, 5) is 11.4. The van der Waals surface area contributed by atoms with Gasteiger partial charge in [0.2, 0.25) is 11.8 Å². The van der Waals surface area contributed by atoms with Crippen LogP contribution in [-0.4, -0.2) is 28.3 Å². The molecule has 1 aliphatic heterocycles. The molecule has 3 rings (SSSR count). The molecule has 2 aromatic rings. The molecule has 0 saturated carbocycles. The van der Waals surface area contributed by atoms with E-state index in [1.165, 1.54) is 21.0 Å². The first-order valence-corrected chi connectivity index (χ1v) is 7.44. The molecule has 0 saturated heterocycles. The highest BCUT2D eigenvalue weighted by atomic mass is 19.1. The summed E-state index contributed by atoms with van der Waals surface area (Å²) in [6.07, 6.45) is 0.368. The molecule has 0 spiro atoms. The van der Waals surface area contributed by atoms with Gasteiger partial charge < -0.3 is 4.74 Å². The maximum atomic E-state index is 14.3. The molecule has 1 amide bonds. The van der Waals surface area contributed by atoms with Crippen molar-refractivity contribution in [1.29, 1.82) is 0 Å². The second-order valence-corrected chi connectivity index (χ2v) is 6.23. The Morgan fingerprint density at radius 1 is 1.43 bits per heavy atom. The molecule has 0 radical (unpaired) electrons. The van der Waals surface area contributed by atoms with Crippen molar-refractivity contribution in [3.05, 3.63) is 29.5 Å². The molecule has 7 heteroatoms. The predicted molar refractivity (Wildman–Crippen MR) is 84.3 cm³/mol. The Labute approximate surface area is 133 Å². The van der Waals surface area contributed by atoms with Crippen molar-refractivity contribution < 1.29 is 13.9 Å². The van der Waals surface area contributed by atoms with Crippen LogP contribution in [0.15, 0.2) is 23.3 Å². The molecule has 0 fully saturated rings. The lowest BCUT2D eigenvalue weighted by atomic mass is 9.93. The van der Waals surface area contributed by atoms with E-state index in [1.807, 2.05) is 13.0 Å². The van der Waals surface area contributed by atoms with E-state index in [4.69, 9.17) is 4.74 Å². The summed E-state index contributed by atoms with van der Waals surface area (Å²) >= 11 is 0. The summed E-state index contributed by atoms with van der Waals surface area (Å²) in [5, 5.41) is 8.50. The molecule has 1 unspecified atom stereocenters. The lowest BCUT2D eigenvalue weighted by molar-refractivity contribution is -0.121. The molecular weight excluding hydrogens is 299 g/mol. The zero-order valence-corrected chi connectivity index (χ0v) is 13.6. The second-order valence-electron chi connectivity index (χ2n) is 6.23. The maximum absolute atomic E-state index is 14.3. The minimum atomic E-state index is -1.57. The Hall–Kier alpha value is -2.44. The summed E-state index contributed by atoms with van der Waals surface area (Å²) < 4.78 is 21.2. The monoisotopic (exact) mass is 318 g/mol. The largest absolute Gasteiger partial charge is 0.481 e. The van der Waals surface area contributed by atoms with Gasteiger partial charge in [-0.2, -0.15) is 10.2 Å². The summed E-state index contributed by atoms with van der Waals surface area (Å²) in [7, 11) is 1.54. The van der Waals surface area contributed by atoms with Crippen molar-refractivity contribution >= 4 is 17.1 Å². The smallest absolute Gasteiger partial charge is 0.240 e. The molecule has 0 aliphatic carbocycles. The second kappa shape index (κ2) is 5.33. The van der Waals surface area contributed by atoms with Crippen LogP contribution in [0.2, 0.25) is 0 Å². The lowest BCUT2D eigenvalue weighted by Crippen LogP contribution is -2.32. The van der Waals surface area contributed by atoms with E-state index < -0.39 is 5.67 Å². The number of methoxy groups -OCH3 is 1. The van der Waals surface area contributed by atoms with Crippen LogP contribution in [-0.2, 0) is 10.5 Å². The molecule has 1 aliphatic rings. The van der Waals surface area contributed by atoms with Gasteiger partial charge in [0, 0.05) is 24.0 Å². The average molecular weight is 318 g/mol. The molecular formula is C16H19FN4O2. The van der Waals surface area contributed by atoms with Crippen LogP contribution in [0.25, 0.3) is 5.52 Å². The zero-order valence-electron chi connectivity index (χ0n) is 13.6. The number of ether oxygens (including phenoxy) is 1. The van der Waals surface area contributed by atoms with Crippen LogP contribution in [0.3, 0.4) is 0 Å². The first-order valence-electron chi connectivity index (χ1n) is 7.44. The zero-order chi connectivity index (χ0) is 16.8. The van der Waals surface area contributed by atoms with E-state index in [2.05, 4.69) is 15.6 Å². The number of nitrogens with one attached hydrogen (secondary N) is 1. The third-order valence-electron chi connectivity index (χ3n) is 3.94. The van der Waals surface area contributed by atoms with Crippen LogP contribution in [0.1, 0.15) is 38.4 Å². The highest BCUT2D eigenvalue weighted by Gasteiger charge is 2.27. The Morgan fingerprint density at radius 2 is 2.17 bits per heavy atom. The lowest BCUT2D eigenvalue weighted by Gasteiger charge is -2.20. The van der Waals surface area contributed by atoms with Crippen LogP contribution < -0.4 is 10.2 Å². The fourth-order valence-corrected chi connectivity index (χ4v) is 2.69. The van der Waals surface area contributed by atoms with Crippen LogP contribution in [0, 0.1) is 5.92 Å². The van der Waals surface area contributed by atoms with Gasteiger partial charge in [0.05, 0.1) is 18.3 Å². The van der Waals surface area contributed by atoms with Gasteiger partial charge in [-0.1, -0.05) is 6.92 Å². The standard InChI is InChI=1S/C16H19FN4O2/c1-9-7-13(22)18-19-15(9)10-5-6-14(23-4)21-11(10)8-12(20-21)16(2,3)17/h5-6,8-9H,7H2,1-4H3,(H,18,22). The molecule has 0 bridgehead atoms. The van der Waals surface area contributed by atoms with Gasteiger partial charge in [-0.05, 0) is 26.0 Å². The number of nitrogens with zero attached hydrogens (tertiary/aromatic N) is 3. The summed E-state index contributed by atoms with van der Waals surface area (Å²) in [6.45, 7) is 4.86. The number of carbonyl (C=O) groups excluding carboxylic acids is 1. The van der Waals surface area contributed by atoms with Crippen molar-refractivity contribution in [2.75, 3.05) is 7.11 Å². The predicted octanol–water partition coefficient (Wildman–Crippen LogP) is 2.41. The number of hydrogen-bond acceptors (Lipinski definition) is 4. The van der Waals surface area contributed by atoms with Gasteiger partial charge in [0.15, 0.2) is 0 Å². The number of pyridine rings is 1. The first kappa shape index (κ1) is 15.5. The Bertz CT molecular complexity index is 804. The number of alkyl halides is 1. The molecule has 122 valence electrons. The van der Waals surface area contributed by atoms with E-state index in [1.54, 1.807) is 16.6 Å². The topological polar surface area (TPSA) is 68.0 Å². The van der Waals surface area contributed by atoms with Gasteiger partial charge in [-0.3, -0.25) is 4.79 Å². The quantitative estimate of drug-likeness (QED) is 0.945. The number of carbonyl (C=O) groups is 1. The van der Waals surface area contributed by atoms with Crippen molar-refractivity contribution in [2.24, 2.45) is 11.0 Å². The van der Waals surface area contributed by atoms with Gasteiger partial charge >= 0.3 is 0 Å². The van der Waals surface area contributed by atoms with E-state index in [-0.39, 0.29) is 11.8 Å². The SMILES string of the molecule is COc1ccc(C2=NNC(=O)CC2C)c2cc(C(C)(C)F)nn12. The molecule has 0 aromatic carbocycles. The fraction of sp³-hybridized carbons (Fsp3) is 0.438. The summed E-state index contributed by atoms with van der Waals surface area (Å²) in [6, 6.07) is 5.32. The van der Waals surface area contributed by atoms with E-state index >= 15 is 0 Å². The third-order valence-corrected chi connectivity index (χ3v) is 3.94. The number of rotatable bonds is 3. The number of aromatic nitrogens is 2. The van der Waals surface area contributed by atoms with Crippen molar-refractivity contribution in [2.45, 2.75) is 32.9 Å². The minimum Gasteiger partial charge on any atom is -0.481 e. The van der Waals surface area contributed by atoms with Crippen molar-refractivity contribution in [1.82, 2.24) is 15.0 Å². The molecule has 1 N–H and O–H groups in total. The molecule has 2 aromatic heterocycles. The maximum Gasteiger partial charge on any atom is 0.240 e. The van der Waals surface area contributed by atoms with E-state index in [9.17, 15) is 9.18 Å². The van der Waals surface area contributed by atoms with Gasteiger partial charge in [0.25, 0.3) is 0 Å². The molecule has 1 atom stereocenters. The summed E-state index contributed by atoms with van der Waals surface area (Å²) in [5.41, 5.74) is 3.51. The van der Waals surface area contributed by atoms with E-state index in [0.717, 1.165) is 11.3 Å². The molecule has 23 heavy (non-hydrogen) atoms. The Balaban J connectivity index is 2.22. The number of halogens is 1. The average Bonchev–Trinajstić information content (AvgIpc) is 2.92. The van der Waals surface area contributed by atoms with Crippen molar-refractivity contribution in [3.8, 4) is 5.88 Å². The van der Waals surface area contributed by atoms with Crippen LogP contribution in [0.4, 0.5) is 4.39 Å². The Kier molecular flexibility index (Phi) is 3.58. The number of hydrogen-bond donors (Lipinski definition) is 1. The highest BCUT2D eigenvalue weighted by molar-refractivity contribution is 6.10. The minimum absolute atomic E-state index is 0.0299.